The standard InChI is InChI=1S/C11H18S.C10H16S.C4H8O/c1-3-4-5-6-7-11-9-8-10(2)12-11;1-2-3-4-5-7-10-8-6-9-11-10;1-2-4-5-3-1/h8-9H,3-7H2,1-2H3;6,8-9H,2-5,7H2,1H3;1-4H2. The number of thiophene rings is 2. The van der Waals surface area contributed by atoms with Crippen molar-refractivity contribution in [1.82, 2.24) is 0 Å². The minimum absolute atomic E-state index is 1.00. The van der Waals surface area contributed by atoms with Crippen LogP contribution in [0.5, 0.6) is 0 Å². The third-order valence-electron chi connectivity index (χ3n) is 4.76. The van der Waals surface area contributed by atoms with E-state index in [2.05, 4.69) is 50.4 Å². The smallest absolute Gasteiger partial charge is 0.0466 e. The molecule has 1 saturated heterocycles. The molecule has 160 valence electrons. The van der Waals surface area contributed by atoms with Gasteiger partial charge in [-0.05, 0) is 69.0 Å². The van der Waals surface area contributed by atoms with Crippen molar-refractivity contribution in [3.8, 4) is 0 Å². The lowest BCUT2D eigenvalue weighted by Crippen LogP contribution is -1.80. The van der Waals surface area contributed by atoms with E-state index in [1.54, 1.807) is 9.75 Å². The first-order chi connectivity index (χ1) is 13.8. The Balaban J connectivity index is 0.000000226. The van der Waals surface area contributed by atoms with Crippen LogP contribution < -0.4 is 0 Å². The zero-order chi connectivity index (χ0) is 20.3. The Morgan fingerprint density at radius 2 is 1.43 bits per heavy atom. The van der Waals surface area contributed by atoms with Gasteiger partial charge in [-0.3, -0.25) is 0 Å². The summed E-state index contributed by atoms with van der Waals surface area (Å²) in [6, 6.07) is 8.86. The van der Waals surface area contributed by atoms with Crippen LogP contribution in [-0.2, 0) is 17.6 Å². The van der Waals surface area contributed by atoms with Gasteiger partial charge in [-0.1, -0.05) is 58.4 Å². The monoisotopic (exact) mass is 422 g/mol. The average molecular weight is 423 g/mol. The maximum Gasteiger partial charge on any atom is 0.0466 e. The molecule has 0 bridgehead atoms. The molecule has 0 unspecified atom stereocenters. The summed E-state index contributed by atoms with van der Waals surface area (Å²) in [6.45, 7) is 8.70. The highest BCUT2D eigenvalue weighted by atomic mass is 32.1. The summed E-state index contributed by atoms with van der Waals surface area (Å²) in [5, 5.41) is 2.16. The molecule has 0 radical (unpaired) electrons. The van der Waals surface area contributed by atoms with Gasteiger partial charge in [0.15, 0.2) is 0 Å². The normalized spacial score (nSPS) is 12.8. The van der Waals surface area contributed by atoms with Gasteiger partial charge in [0, 0.05) is 27.8 Å². The Bertz CT molecular complexity index is 533. The highest BCUT2D eigenvalue weighted by molar-refractivity contribution is 7.11. The molecule has 0 aromatic carbocycles. The molecule has 0 spiro atoms. The van der Waals surface area contributed by atoms with Crippen molar-refractivity contribution in [2.24, 2.45) is 0 Å². The molecule has 1 aliphatic heterocycles. The largest absolute Gasteiger partial charge is 0.381 e. The topological polar surface area (TPSA) is 9.23 Å². The Labute approximate surface area is 182 Å². The molecule has 1 aliphatic rings. The van der Waals surface area contributed by atoms with Crippen molar-refractivity contribution in [2.75, 3.05) is 13.2 Å². The van der Waals surface area contributed by atoms with Crippen molar-refractivity contribution in [2.45, 2.75) is 97.8 Å². The Kier molecular flexibility index (Phi) is 16.7. The predicted octanol–water partition coefficient (Wildman–Crippen LogP) is 8.85. The molecule has 0 aliphatic carbocycles. The quantitative estimate of drug-likeness (QED) is 0.347. The Morgan fingerprint density at radius 1 is 0.786 bits per heavy atom. The summed E-state index contributed by atoms with van der Waals surface area (Å²) in [4.78, 5) is 4.55. The first kappa shape index (κ1) is 25.4. The fourth-order valence-electron chi connectivity index (χ4n) is 3.04. The summed E-state index contributed by atoms with van der Waals surface area (Å²) in [5.41, 5.74) is 0. The number of aryl methyl sites for hydroxylation is 3. The minimum Gasteiger partial charge on any atom is -0.381 e. The lowest BCUT2D eigenvalue weighted by Gasteiger charge is -1.96. The van der Waals surface area contributed by atoms with Gasteiger partial charge in [0.25, 0.3) is 0 Å². The molecule has 0 saturated carbocycles. The molecule has 1 fully saturated rings. The molecule has 0 atom stereocenters. The molecule has 0 amide bonds. The zero-order valence-corrected chi connectivity index (χ0v) is 20.1. The van der Waals surface area contributed by atoms with E-state index in [9.17, 15) is 0 Å². The third kappa shape index (κ3) is 14.4. The van der Waals surface area contributed by atoms with Crippen molar-refractivity contribution in [1.29, 1.82) is 0 Å². The van der Waals surface area contributed by atoms with Gasteiger partial charge < -0.3 is 4.74 Å². The van der Waals surface area contributed by atoms with E-state index >= 15 is 0 Å². The lowest BCUT2D eigenvalue weighted by molar-refractivity contribution is 0.198. The van der Waals surface area contributed by atoms with Crippen LogP contribution in [-0.4, -0.2) is 13.2 Å². The maximum atomic E-state index is 4.94. The van der Waals surface area contributed by atoms with Gasteiger partial charge in [-0.25, -0.2) is 0 Å². The fourth-order valence-corrected chi connectivity index (χ4v) is 4.72. The Hall–Kier alpha value is -0.640. The van der Waals surface area contributed by atoms with Crippen LogP contribution in [0, 0.1) is 6.92 Å². The Morgan fingerprint density at radius 3 is 1.86 bits per heavy atom. The van der Waals surface area contributed by atoms with Crippen LogP contribution in [0.3, 0.4) is 0 Å². The van der Waals surface area contributed by atoms with E-state index in [4.69, 9.17) is 4.74 Å². The maximum absolute atomic E-state index is 4.94. The molecule has 3 heteroatoms. The minimum atomic E-state index is 1.00. The number of hydrogen-bond donors (Lipinski definition) is 0. The molecular weight excluding hydrogens is 380 g/mol. The number of unbranched alkanes of at least 4 members (excludes halogenated alkanes) is 6. The van der Waals surface area contributed by atoms with Gasteiger partial charge in [0.1, 0.15) is 0 Å². The van der Waals surface area contributed by atoms with E-state index < -0.39 is 0 Å². The van der Waals surface area contributed by atoms with Gasteiger partial charge >= 0.3 is 0 Å². The molecule has 28 heavy (non-hydrogen) atoms. The summed E-state index contributed by atoms with van der Waals surface area (Å²) in [6.07, 6.45) is 16.1. The van der Waals surface area contributed by atoms with Gasteiger partial charge in [-0.15, -0.1) is 22.7 Å². The summed E-state index contributed by atoms with van der Waals surface area (Å²) in [7, 11) is 0. The SMILES string of the molecule is C1CCOC1.CCCCCCc1ccc(C)s1.CCCCCCc1cccs1. The highest BCUT2D eigenvalue weighted by Gasteiger charge is 1.96. The van der Waals surface area contributed by atoms with Crippen molar-refractivity contribution < 1.29 is 4.74 Å². The average Bonchev–Trinajstić information content (AvgIpc) is 3.48. The first-order valence-corrected chi connectivity index (χ1v) is 13.1. The second-order valence-corrected chi connectivity index (χ2v) is 9.94. The van der Waals surface area contributed by atoms with Crippen molar-refractivity contribution >= 4 is 22.7 Å². The van der Waals surface area contributed by atoms with Crippen LogP contribution in [0.25, 0.3) is 0 Å². The molecule has 2 aromatic rings. The number of hydrogen-bond acceptors (Lipinski definition) is 3. The highest BCUT2D eigenvalue weighted by Crippen LogP contribution is 2.17. The predicted molar refractivity (Wildman–Crippen MR) is 129 cm³/mol. The van der Waals surface area contributed by atoms with E-state index in [1.165, 1.54) is 81.9 Å². The van der Waals surface area contributed by atoms with Gasteiger partial charge in [0.2, 0.25) is 0 Å². The second kappa shape index (κ2) is 18.4. The fraction of sp³-hybridized carbons (Fsp3) is 0.680. The summed E-state index contributed by atoms with van der Waals surface area (Å²) < 4.78 is 4.94. The van der Waals surface area contributed by atoms with Gasteiger partial charge in [0.05, 0.1) is 0 Å². The van der Waals surface area contributed by atoms with E-state index in [1.807, 2.05) is 22.7 Å². The molecular formula is C25H42OS2. The van der Waals surface area contributed by atoms with Crippen LogP contribution >= 0.6 is 22.7 Å². The zero-order valence-electron chi connectivity index (χ0n) is 18.5. The lowest BCUT2D eigenvalue weighted by atomic mass is 10.1. The van der Waals surface area contributed by atoms with E-state index in [0.717, 1.165) is 13.2 Å². The second-order valence-electron chi connectivity index (χ2n) is 7.53. The van der Waals surface area contributed by atoms with Crippen molar-refractivity contribution in [3.05, 3.63) is 44.3 Å². The van der Waals surface area contributed by atoms with E-state index in [-0.39, 0.29) is 0 Å². The van der Waals surface area contributed by atoms with Crippen LogP contribution in [0.4, 0.5) is 0 Å². The molecule has 1 nitrogen and oxygen atoms in total. The third-order valence-corrected chi connectivity index (χ3v) is 6.75. The van der Waals surface area contributed by atoms with Crippen molar-refractivity contribution in [3.63, 3.8) is 0 Å². The first-order valence-electron chi connectivity index (χ1n) is 11.4. The molecule has 0 N–H and O–H groups in total. The summed E-state index contributed by atoms with van der Waals surface area (Å²) in [5.74, 6) is 0. The molecule has 3 rings (SSSR count). The van der Waals surface area contributed by atoms with Crippen LogP contribution in [0.2, 0.25) is 0 Å². The number of ether oxygens (including phenoxy) is 1. The van der Waals surface area contributed by atoms with Gasteiger partial charge in [-0.2, -0.15) is 0 Å². The van der Waals surface area contributed by atoms with Crippen LogP contribution in [0.1, 0.15) is 92.7 Å². The van der Waals surface area contributed by atoms with E-state index in [0.29, 0.717) is 0 Å². The summed E-state index contributed by atoms with van der Waals surface area (Å²) >= 11 is 3.83. The molecule has 3 heterocycles. The van der Waals surface area contributed by atoms with Crippen LogP contribution in [0.15, 0.2) is 29.6 Å². The number of rotatable bonds is 10. The molecule has 2 aromatic heterocycles.